The van der Waals surface area contributed by atoms with Crippen LogP contribution < -0.4 is 0 Å². The first-order valence-electron chi connectivity index (χ1n) is 6.33. The molecule has 19 heavy (non-hydrogen) atoms. The van der Waals surface area contributed by atoms with Gasteiger partial charge in [-0.3, -0.25) is 9.59 Å². The zero-order valence-corrected chi connectivity index (χ0v) is 11.4. The monoisotopic (exact) mass is 258 g/mol. The van der Waals surface area contributed by atoms with Gasteiger partial charge in [0.15, 0.2) is 11.5 Å². The minimum absolute atomic E-state index is 0.191. The first-order valence-corrected chi connectivity index (χ1v) is 6.33. The van der Waals surface area contributed by atoms with Gasteiger partial charge in [-0.25, -0.2) is 0 Å². The molecule has 1 aromatic rings. The fourth-order valence-corrected chi connectivity index (χ4v) is 1.83. The summed E-state index contributed by atoms with van der Waals surface area (Å²) in [5, 5.41) is 9.54. The molecule has 0 atom stereocenters. The van der Waals surface area contributed by atoms with Crippen LogP contribution in [0.25, 0.3) is 5.57 Å². The summed E-state index contributed by atoms with van der Waals surface area (Å²) >= 11 is 0. The smallest absolute Gasteiger partial charge is 0.220 e. The number of carbonyl (C=O) groups excluding carboxylic acids is 2. The van der Waals surface area contributed by atoms with Gasteiger partial charge in [0.2, 0.25) is 5.78 Å². The Morgan fingerprint density at radius 2 is 1.74 bits per heavy atom. The van der Waals surface area contributed by atoms with Gasteiger partial charge in [0.05, 0.1) is 0 Å². The molecule has 0 spiro atoms. The zero-order valence-electron chi connectivity index (χ0n) is 11.4. The summed E-state index contributed by atoms with van der Waals surface area (Å²) in [6.07, 6.45) is 1.69. The molecule has 1 aliphatic carbocycles. The number of aliphatic hydroxyl groups excluding tert-OH is 1. The van der Waals surface area contributed by atoms with E-state index in [1.165, 1.54) is 13.0 Å². The van der Waals surface area contributed by atoms with Gasteiger partial charge in [-0.2, -0.15) is 0 Å². The molecule has 0 unspecified atom stereocenters. The van der Waals surface area contributed by atoms with Gasteiger partial charge in [-0.15, -0.1) is 0 Å². The Morgan fingerprint density at radius 3 is 2.26 bits per heavy atom. The molecule has 1 aromatic carbocycles. The third kappa shape index (κ3) is 3.41. The highest BCUT2D eigenvalue weighted by Gasteiger charge is 2.23. The van der Waals surface area contributed by atoms with Crippen LogP contribution in [-0.2, 0) is 9.59 Å². The summed E-state index contributed by atoms with van der Waals surface area (Å²) in [6, 6.07) is 9.37. The predicted molar refractivity (Wildman–Crippen MR) is 75.7 cm³/mol. The normalized spacial score (nSPS) is 14.5. The second-order valence-electron chi connectivity index (χ2n) is 3.96. The van der Waals surface area contributed by atoms with Gasteiger partial charge in [0.25, 0.3) is 0 Å². The lowest BCUT2D eigenvalue weighted by atomic mass is 9.89. The standard InChI is InChI=1S/C14H12O3.C2H6/c1-9(15)12-7-11(8-13(16)14(12)17)10-5-3-2-4-6-10;1-2/h2-6,8,17H,7H2,1H3;1-2H3. The number of carbonyl (C=O) groups is 2. The Bertz CT molecular complexity index is 536. The maximum atomic E-state index is 11.6. The fraction of sp³-hybridized carbons (Fsp3) is 0.250. The minimum atomic E-state index is -0.500. The number of benzene rings is 1. The van der Waals surface area contributed by atoms with Crippen LogP contribution in [0.3, 0.4) is 0 Å². The molecule has 3 heteroatoms. The minimum Gasteiger partial charge on any atom is -0.504 e. The quantitative estimate of drug-likeness (QED) is 0.883. The molecule has 0 radical (unpaired) electrons. The summed E-state index contributed by atoms with van der Waals surface area (Å²) in [4.78, 5) is 22.9. The van der Waals surface area contributed by atoms with E-state index in [-0.39, 0.29) is 11.4 Å². The Morgan fingerprint density at radius 1 is 1.16 bits per heavy atom. The van der Waals surface area contributed by atoms with E-state index in [0.717, 1.165) is 11.1 Å². The van der Waals surface area contributed by atoms with Crippen LogP contribution in [0.4, 0.5) is 0 Å². The molecule has 0 saturated heterocycles. The molecule has 0 aromatic heterocycles. The Labute approximate surface area is 113 Å². The van der Waals surface area contributed by atoms with E-state index < -0.39 is 11.5 Å². The number of hydrogen-bond donors (Lipinski definition) is 1. The Hall–Kier alpha value is -2.16. The van der Waals surface area contributed by atoms with Gasteiger partial charge >= 0.3 is 0 Å². The number of Topliss-reactive ketones (excluding diaryl/α,β-unsaturated/α-hetero) is 1. The summed E-state index contributed by atoms with van der Waals surface area (Å²) in [6.45, 7) is 5.35. The second kappa shape index (κ2) is 6.69. The van der Waals surface area contributed by atoms with Crippen LogP contribution >= 0.6 is 0 Å². The molecule has 0 aliphatic heterocycles. The van der Waals surface area contributed by atoms with Crippen molar-refractivity contribution in [3.8, 4) is 0 Å². The maximum absolute atomic E-state index is 11.6. The summed E-state index contributed by atoms with van der Waals surface area (Å²) in [5.41, 5.74) is 1.85. The molecule has 0 fully saturated rings. The second-order valence-corrected chi connectivity index (χ2v) is 3.96. The van der Waals surface area contributed by atoms with E-state index in [1.807, 2.05) is 44.2 Å². The number of aliphatic hydroxyl groups is 1. The van der Waals surface area contributed by atoms with Crippen molar-refractivity contribution in [3.05, 3.63) is 53.3 Å². The number of rotatable bonds is 2. The molecule has 0 saturated carbocycles. The van der Waals surface area contributed by atoms with Crippen LogP contribution in [0, 0.1) is 0 Å². The van der Waals surface area contributed by atoms with E-state index in [2.05, 4.69) is 0 Å². The third-order valence-corrected chi connectivity index (χ3v) is 2.76. The molecule has 0 bridgehead atoms. The van der Waals surface area contributed by atoms with E-state index in [4.69, 9.17) is 0 Å². The van der Waals surface area contributed by atoms with E-state index in [1.54, 1.807) is 0 Å². The van der Waals surface area contributed by atoms with Crippen LogP contribution in [-0.4, -0.2) is 16.7 Å². The average Bonchev–Trinajstić information content (AvgIpc) is 2.44. The molecular weight excluding hydrogens is 240 g/mol. The number of hydrogen-bond acceptors (Lipinski definition) is 3. The number of allylic oxidation sites excluding steroid dienone is 3. The van der Waals surface area contributed by atoms with Crippen molar-refractivity contribution in [1.29, 1.82) is 0 Å². The molecule has 2 rings (SSSR count). The lowest BCUT2D eigenvalue weighted by Crippen LogP contribution is -2.14. The average molecular weight is 258 g/mol. The third-order valence-electron chi connectivity index (χ3n) is 2.76. The van der Waals surface area contributed by atoms with Crippen LogP contribution in [0.1, 0.15) is 32.8 Å². The Balaban J connectivity index is 0.000000861. The first kappa shape index (κ1) is 14.9. The van der Waals surface area contributed by atoms with Gasteiger partial charge in [0.1, 0.15) is 0 Å². The highest BCUT2D eigenvalue weighted by Crippen LogP contribution is 2.28. The summed E-state index contributed by atoms with van der Waals surface area (Å²) in [7, 11) is 0. The molecule has 1 aliphatic rings. The van der Waals surface area contributed by atoms with Crippen LogP contribution in [0.2, 0.25) is 0 Å². The van der Waals surface area contributed by atoms with Crippen molar-refractivity contribution in [1.82, 2.24) is 0 Å². The highest BCUT2D eigenvalue weighted by molar-refractivity contribution is 6.15. The van der Waals surface area contributed by atoms with Crippen molar-refractivity contribution in [2.75, 3.05) is 0 Å². The van der Waals surface area contributed by atoms with Gasteiger partial charge in [0, 0.05) is 12.0 Å². The molecule has 0 heterocycles. The number of ketones is 2. The highest BCUT2D eigenvalue weighted by atomic mass is 16.3. The SMILES string of the molecule is CC.CC(=O)C1=C(O)C(=O)C=C(c2ccccc2)C1. The lowest BCUT2D eigenvalue weighted by molar-refractivity contribution is -0.117. The largest absolute Gasteiger partial charge is 0.504 e. The van der Waals surface area contributed by atoms with Crippen molar-refractivity contribution in [3.63, 3.8) is 0 Å². The summed E-state index contributed by atoms with van der Waals surface area (Å²) in [5.74, 6) is -1.19. The van der Waals surface area contributed by atoms with Crippen molar-refractivity contribution in [2.45, 2.75) is 27.2 Å². The topological polar surface area (TPSA) is 54.4 Å². The van der Waals surface area contributed by atoms with Crippen molar-refractivity contribution >= 4 is 17.1 Å². The van der Waals surface area contributed by atoms with Crippen LogP contribution in [0.5, 0.6) is 0 Å². The lowest BCUT2D eigenvalue weighted by Gasteiger charge is -2.15. The van der Waals surface area contributed by atoms with E-state index in [0.29, 0.717) is 6.42 Å². The van der Waals surface area contributed by atoms with Gasteiger partial charge in [-0.1, -0.05) is 44.2 Å². The zero-order chi connectivity index (χ0) is 14.4. The molecule has 3 nitrogen and oxygen atoms in total. The first-order chi connectivity index (χ1) is 9.09. The predicted octanol–water partition coefficient (Wildman–Crippen LogP) is 3.47. The molecular formula is C16H18O3. The van der Waals surface area contributed by atoms with E-state index >= 15 is 0 Å². The van der Waals surface area contributed by atoms with Gasteiger partial charge in [-0.05, 0) is 24.1 Å². The maximum Gasteiger partial charge on any atom is 0.220 e. The van der Waals surface area contributed by atoms with Gasteiger partial charge < -0.3 is 5.11 Å². The van der Waals surface area contributed by atoms with Crippen molar-refractivity contribution in [2.24, 2.45) is 0 Å². The van der Waals surface area contributed by atoms with Crippen LogP contribution in [0.15, 0.2) is 47.7 Å². The fourth-order valence-electron chi connectivity index (χ4n) is 1.83. The Kier molecular flexibility index (Phi) is 5.24. The summed E-state index contributed by atoms with van der Waals surface area (Å²) < 4.78 is 0. The van der Waals surface area contributed by atoms with E-state index in [9.17, 15) is 14.7 Å². The molecule has 0 amide bonds. The van der Waals surface area contributed by atoms with Crippen molar-refractivity contribution < 1.29 is 14.7 Å². The molecule has 100 valence electrons. The molecule has 1 N–H and O–H groups in total.